The summed E-state index contributed by atoms with van der Waals surface area (Å²) < 4.78 is 1.96. The number of hydrogen-bond acceptors (Lipinski definition) is 4. The molecule has 0 unspecified atom stereocenters. The molecule has 12 rings (SSSR count). The third-order valence-electron chi connectivity index (χ3n) is 13.2. The van der Waals surface area contributed by atoms with Crippen molar-refractivity contribution in [2.24, 2.45) is 0 Å². The first-order valence-corrected chi connectivity index (χ1v) is 24.3. The van der Waals surface area contributed by atoms with Crippen molar-refractivity contribution in [2.75, 3.05) is 4.43 Å². The van der Waals surface area contributed by atoms with Crippen LogP contribution >= 0.6 is 0 Å². The molecule has 0 aromatic heterocycles. The van der Waals surface area contributed by atoms with E-state index in [0.717, 1.165) is 35.8 Å². The Kier molecular flexibility index (Phi) is 9.00. The van der Waals surface area contributed by atoms with E-state index in [1.807, 2.05) is 170 Å². The van der Waals surface area contributed by atoms with E-state index in [2.05, 4.69) is 19.6 Å². The van der Waals surface area contributed by atoms with E-state index < -0.39 is 21.2 Å². The van der Waals surface area contributed by atoms with E-state index in [1.165, 1.54) is 0 Å². The fraction of sp³-hybridized carbons (Fsp3) is 0.0333. The Balaban J connectivity index is 1.34. The van der Waals surface area contributed by atoms with Crippen LogP contribution in [0.25, 0.3) is 123 Å². The molecule has 4 nitrogen and oxygen atoms in total. The van der Waals surface area contributed by atoms with Crippen LogP contribution in [-0.4, -0.2) is 4.43 Å². The van der Waals surface area contributed by atoms with Gasteiger partial charge in [-0.15, -0.1) is 0 Å². The van der Waals surface area contributed by atoms with Crippen LogP contribution in [0.3, 0.4) is 0 Å². The van der Waals surface area contributed by atoms with Crippen molar-refractivity contribution in [1.29, 1.82) is 0 Å². The van der Waals surface area contributed by atoms with Gasteiger partial charge >= 0.3 is 280 Å². The Labute approximate surface area is 382 Å². The van der Waals surface area contributed by atoms with Crippen LogP contribution in [0.2, 0.25) is 0 Å². The summed E-state index contributed by atoms with van der Waals surface area (Å²) in [6.07, 6.45) is 0. The molecular formula is C60H36IO4-. The first kappa shape index (κ1) is 39.0. The van der Waals surface area contributed by atoms with Gasteiger partial charge in [0.1, 0.15) is 0 Å². The van der Waals surface area contributed by atoms with Gasteiger partial charge in [0, 0.05) is 5.39 Å². The van der Waals surface area contributed by atoms with Crippen molar-refractivity contribution in [2.45, 2.75) is 6.92 Å². The quantitative estimate of drug-likeness (QED) is 0.0691. The van der Waals surface area contributed by atoms with Crippen molar-refractivity contribution >= 4 is 79.0 Å². The minimum atomic E-state index is -0.476. The molecule has 5 heteroatoms. The van der Waals surface area contributed by atoms with E-state index in [4.69, 9.17) is 0 Å². The number of rotatable bonds is 7. The van der Waals surface area contributed by atoms with Gasteiger partial charge in [0.15, 0.2) is 0 Å². The molecule has 0 aliphatic heterocycles. The summed E-state index contributed by atoms with van der Waals surface area (Å²) >= 11 is -0.476. The standard InChI is InChI=1S/C60H36IO4/c1-3-61-33(2)44-32-45(36-22-12-6-13-23-36)55-56(46(44)37-24-14-7-15-25-37)60(65)54-43-29-17-27-41-48(43)47-40(26-16-28-42(47)53(54)59(55)64)51-52(41)58(63)50-39(35-20-10-5-11-21-35)31-30-38(49(50)57(51)62)34-18-8-4-9-19-34/h4-32H,2-3H2,1H3/q-1. The molecule has 0 heterocycles. The minimum absolute atomic E-state index is 0.255. The molecule has 0 bridgehead atoms. The molecule has 12 aromatic rings. The van der Waals surface area contributed by atoms with E-state index in [9.17, 15) is 0 Å². The zero-order chi connectivity index (χ0) is 44.1. The van der Waals surface area contributed by atoms with Crippen molar-refractivity contribution in [3.63, 3.8) is 0 Å². The molecular weight excluding hydrogens is 912 g/mol. The van der Waals surface area contributed by atoms with Gasteiger partial charge in [0.2, 0.25) is 0 Å². The van der Waals surface area contributed by atoms with Crippen LogP contribution in [0.15, 0.2) is 202 Å². The Morgan fingerprint density at radius 3 is 1.09 bits per heavy atom. The molecule has 0 atom stereocenters. The van der Waals surface area contributed by atoms with Crippen LogP contribution in [0.4, 0.5) is 0 Å². The average Bonchev–Trinajstić information content (AvgIpc) is 3.36. The van der Waals surface area contributed by atoms with Crippen molar-refractivity contribution < 1.29 is 21.2 Å². The van der Waals surface area contributed by atoms with Crippen LogP contribution in [0.1, 0.15) is 12.5 Å². The topological polar surface area (TPSA) is 68.3 Å². The van der Waals surface area contributed by atoms with Gasteiger partial charge in [-0.05, 0) is 22.3 Å². The second-order valence-electron chi connectivity index (χ2n) is 16.6. The maximum atomic E-state index is 16.1. The second-order valence-corrected chi connectivity index (χ2v) is 20.1. The van der Waals surface area contributed by atoms with Gasteiger partial charge < -0.3 is 0 Å². The summed E-state index contributed by atoms with van der Waals surface area (Å²) in [7, 11) is 0. The van der Waals surface area contributed by atoms with Crippen LogP contribution in [-0.2, 0) is 0 Å². The summed E-state index contributed by atoms with van der Waals surface area (Å²) in [5, 5.41) is 6.35. The Bertz CT molecular complexity index is 4200. The number of hydrogen-bond donors (Lipinski definition) is 0. The third kappa shape index (κ3) is 5.61. The van der Waals surface area contributed by atoms with E-state index >= 15 is 19.2 Å². The zero-order valence-electron chi connectivity index (χ0n) is 35.2. The summed E-state index contributed by atoms with van der Waals surface area (Å²) in [4.78, 5) is 63.4. The molecule has 0 saturated carbocycles. The molecule has 0 spiro atoms. The second kappa shape index (κ2) is 15.0. The number of fused-ring (bicyclic) bond motifs is 8. The average molecular weight is 948 g/mol. The fourth-order valence-corrected chi connectivity index (χ4v) is 12.3. The molecule has 0 N–H and O–H groups in total. The zero-order valence-corrected chi connectivity index (χ0v) is 37.3. The van der Waals surface area contributed by atoms with Gasteiger partial charge in [-0.2, -0.15) is 0 Å². The molecule has 0 aliphatic rings. The predicted octanol–water partition coefficient (Wildman–Crippen LogP) is 10.3. The normalized spacial score (nSPS) is 12.0. The first-order chi connectivity index (χ1) is 31.9. The van der Waals surface area contributed by atoms with Crippen LogP contribution < -0.4 is 42.9 Å². The number of benzene rings is 12. The van der Waals surface area contributed by atoms with E-state index in [0.29, 0.717) is 97.7 Å². The Morgan fingerprint density at radius 1 is 0.369 bits per heavy atom. The van der Waals surface area contributed by atoms with Crippen LogP contribution in [0.5, 0.6) is 0 Å². The molecule has 0 amide bonds. The van der Waals surface area contributed by atoms with Crippen molar-refractivity contribution in [3.05, 3.63) is 229 Å². The molecule has 0 radical (unpaired) electrons. The van der Waals surface area contributed by atoms with Gasteiger partial charge in [-0.25, -0.2) is 0 Å². The van der Waals surface area contributed by atoms with Crippen molar-refractivity contribution in [3.8, 4) is 44.5 Å². The van der Waals surface area contributed by atoms with Gasteiger partial charge in [-0.3, -0.25) is 4.79 Å². The molecule has 12 aromatic carbocycles. The van der Waals surface area contributed by atoms with E-state index in [1.54, 1.807) is 0 Å². The molecule has 0 fully saturated rings. The molecule has 65 heavy (non-hydrogen) atoms. The Hall–Kier alpha value is -7.61. The maximum absolute atomic E-state index is 16.1. The van der Waals surface area contributed by atoms with Crippen LogP contribution in [0, 0.1) is 0 Å². The summed E-state index contributed by atoms with van der Waals surface area (Å²) in [6, 6.07) is 56.3. The molecule has 0 saturated heterocycles. The number of halogens is 1. The Morgan fingerprint density at radius 2 is 0.708 bits per heavy atom. The molecule has 0 aliphatic carbocycles. The SMILES string of the molecule is C=C([I-]CC)c1cc(-c2ccccc2)c2c(=O)c3c4cccc5c6c(=O)c7c(-c8ccccc8)ccc(-c8ccccc8)c7c(=O)c6c6cccc(c3c(=O)c2c1-c1ccccc1)c6c54. The third-order valence-corrected chi connectivity index (χ3v) is 15.5. The van der Waals surface area contributed by atoms with Gasteiger partial charge in [0.25, 0.3) is 0 Å². The summed E-state index contributed by atoms with van der Waals surface area (Å²) in [6.45, 7) is 6.75. The number of alkyl halides is 1. The summed E-state index contributed by atoms with van der Waals surface area (Å²) in [5.74, 6) is 0. The molecule has 308 valence electrons. The predicted molar refractivity (Wildman–Crippen MR) is 269 cm³/mol. The van der Waals surface area contributed by atoms with E-state index in [-0.39, 0.29) is 21.7 Å². The van der Waals surface area contributed by atoms with Crippen molar-refractivity contribution in [1.82, 2.24) is 0 Å². The van der Waals surface area contributed by atoms with Gasteiger partial charge in [-0.1, -0.05) is 72.8 Å². The van der Waals surface area contributed by atoms with Gasteiger partial charge in [0.05, 0.1) is 0 Å². The fourth-order valence-electron chi connectivity index (χ4n) is 10.6. The summed E-state index contributed by atoms with van der Waals surface area (Å²) in [5.41, 5.74) is 5.92. The first-order valence-electron chi connectivity index (χ1n) is 21.7. The monoisotopic (exact) mass is 947 g/mol.